The van der Waals surface area contributed by atoms with Crippen molar-refractivity contribution in [1.29, 1.82) is 0 Å². The van der Waals surface area contributed by atoms with E-state index >= 15 is 0 Å². The smallest absolute Gasteiger partial charge is 0.0416 e. The maximum atomic E-state index is 3.45. The summed E-state index contributed by atoms with van der Waals surface area (Å²) < 4.78 is 0. The number of benzene rings is 2. The van der Waals surface area contributed by atoms with Crippen molar-refractivity contribution >= 4 is 17.1 Å². The van der Waals surface area contributed by atoms with E-state index in [0.717, 1.165) is 11.4 Å². The van der Waals surface area contributed by atoms with Crippen LogP contribution in [0.4, 0.5) is 17.1 Å². The molecule has 0 unspecified atom stereocenters. The first kappa shape index (κ1) is 11.5. The zero-order valence-electron chi connectivity index (χ0n) is 10.5. The minimum Gasteiger partial charge on any atom is -0.388 e. The van der Waals surface area contributed by atoms with E-state index in [2.05, 4.69) is 54.8 Å². The molecule has 88 valence electrons. The number of hydrogen-bond acceptors (Lipinski definition) is 2. The average Bonchev–Trinajstić information content (AvgIpc) is 2.35. The first-order valence-corrected chi connectivity index (χ1v) is 5.82. The summed E-state index contributed by atoms with van der Waals surface area (Å²) in [5.41, 5.74) is 5.98. The number of anilines is 3. The molecule has 2 rings (SSSR count). The summed E-state index contributed by atoms with van der Waals surface area (Å²) in [5.74, 6) is 0. The summed E-state index contributed by atoms with van der Waals surface area (Å²) in [5, 5.41) is 6.59. The molecule has 2 N–H and O–H groups in total. The van der Waals surface area contributed by atoms with E-state index in [0.29, 0.717) is 0 Å². The molecule has 0 atom stereocenters. The van der Waals surface area contributed by atoms with Gasteiger partial charge < -0.3 is 10.6 Å². The van der Waals surface area contributed by atoms with Crippen LogP contribution >= 0.6 is 0 Å². The van der Waals surface area contributed by atoms with Crippen molar-refractivity contribution in [1.82, 2.24) is 0 Å². The van der Waals surface area contributed by atoms with Crippen LogP contribution in [-0.2, 0) is 0 Å². The van der Waals surface area contributed by atoms with Crippen molar-refractivity contribution in [3.63, 3.8) is 0 Å². The number of nitrogens with one attached hydrogen (secondary N) is 2. The predicted molar refractivity (Wildman–Crippen MR) is 75.2 cm³/mol. The van der Waals surface area contributed by atoms with Gasteiger partial charge in [0.05, 0.1) is 0 Å². The second kappa shape index (κ2) is 4.91. The third-order valence-electron chi connectivity index (χ3n) is 3.03. The number of hydrogen-bond donors (Lipinski definition) is 2. The summed E-state index contributed by atoms with van der Waals surface area (Å²) in [4.78, 5) is 0. The third kappa shape index (κ3) is 2.59. The van der Waals surface area contributed by atoms with Crippen LogP contribution in [-0.4, -0.2) is 7.05 Å². The van der Waals surface area contributed by atoms with Crippen LogP contribution in [0.2, 0.25) is 0 Å². The molecule has 0 spiro atoms. The summed E-state index contributed by atoms with van der Waals surface area (Å²) in [6, 6.07) is 14.6. The first-order chi connectivity index (χ1) is 8.20. The van der Waals surface area contributed by atoms with E-state index in [4.69, 9.17) is 0 Å². The van der Waals surface area contributed by atoms with Gasteiger partial charge in [-0.15, -0.1) is 0 Å². The van der Waals surface area contributed by atoms with Crippen LogP contribution in [0.15, 0.2) is 42.5 Å². The molecule has 0 aliphatic heterocycles. The topological polar surface area (TPSA) is 24.1 Å². The monoisotopic (exact) mass is 226 g/mol. The van der Waals surface area contributed by atoms with Crippen molar-refractivity contribution < 1.29 is 0 Å². The molecule has 2 nitrogen and oxygen atoms in total. The van der Waals surface area contributed by atoms with Gasteiger partial charge in [-0.2, -0.15) is 0 Å². The average molecular weight is 226 g/mol. The minimum absolute atomic E-state index is 1.10. The molecule has 0 aliphatic carbocycles. The van der Waals surface area contributed by atoms with Gasteiger partial charge in [-0.25, -0.2) is 0 Å². The van der Waals surface area contributed by atoms with Gasteiger partial charge in [0.1, 0.15) is 0 Å². The van der Waals surface area contributed by atoms with E-state index in [-0.39, 0.29) is 0 Å². The Kier molecular flexibility index (Phi) is 3.33. The summed E-state index contributed by atoms with van der Waals surface area (Å²) in [7, 11) is 1.93. The normalized spacial score (nSPS) is 10.1. The molecule has 2 aromatic rings. The Morgan fingerprint density at radius 1 is 0.882 bits per heavy atom. The SMILES string of the molecule is CNc1cccc(Nc2cccc(C)c2C)c1. The second-order valence-electron chi connectivity index (χ2n) is 4.20. The van der Waals surface area contributed by atoms with E-state index in [1.165, 1.54) is 16.8 Å². The Balaban J connectivity index is 2.28. The lowest BCUT2D eigenvalue weighted by Gasteiger charge is -2.12. The summed E-state index contributed by atoms with van der Waals surface area (Å²) >= 11 is 0. The van der Waals surface area contributed by atoms with Gasteiger partial charge in [-0.1, -0.05) is 18.2 Å². The van der Waals surface area contributed by atoms with Gasteiger partial charge >= 0.3 is 0 Å². The van der Waals surface area contributed by atoms with Crippen molar-refractivity contribution in [3.05, 3.63) is 53.6 Å². The molecule has 0 amide bonds. The molecule has 0 aliphatic rings. The molecule has 0 aromatic heterocycles. The van der Waals surface area contributed by atoms with Crippen LogP contribution in [0.3, 0.4) is 0 Å². The van der Waals surface area contributed by atoms with Gasteiger partial charge in [0, 0.05) is 24.1 Å². The van der Waals surface area contributed by atoms with Crippen LogP contribution in [0.5, 0.6) is 0 Å². The number of aryl methyl sites for hydroxylation is 1. The predicted octanol–water partition coefficient (Wildman–Crippen LogP) is 4.09. The Bertz CT molecular complexity index is 518. The molecule has 17 heavy (non-hydrogen) atoms. The van der Waals surface area contributed by atoms with E-state index in [1.807, 2.05) is 19.2 Å². The van der Waals surface area contributed by atoms with E-state index in [1.54, 1.807) is 0 Å². The fourth-order valence-corrected chi connectivity index (χ4v) is 1.79. The molecule has 0 heterocycles. The quantitative estimate of drug-likeness (QED) is 0.823. The van der Waals surface area contributed by atoms with Gasteiger partial charge in [0.25, 0.3) is 0 Å². The molecule has 0 fully saturated rings. The molecule has 2 heteroatoms. The highest BCUT2D eigenvalue weighted by atomic mass is 14.9. The Morgan fingerprint density at radius 3 is 2.35 bits per heavy atom. The standard InChI is InChI=1S/C15H18N2/c1-11-6-4-9-15(12(11)2)17-14-8-5-7-13(10-14)16-3/h4-10,16-17H,1-3H3. The summed E-state index contributed by atoms with van der Waals surface area (Å²) in [6.07, 6.45) is 0. The zero-order valence-corrected chi connectivity index (χ0v) is 10.5. The van der Waals surface area contributed by atoms with Crippen molar-refractivity contribution in [3.8, 4) is 0 Å². The van der Waals surface area contributed by atoms with Crippen LogP contribution < -0.4 is 10.6 Å². The zero-order chi connectivity index (χ0) is 12.3. The lowest BCUT2D eigenvalue weighted by Crippen LogP contribution is -1.95. The Morgan fingerprint density at radius 2 is 1.59 bits per heavy atom. The Labute approximate surface area is 103 Å². The van der Waals surface area contributed by atoms with E-state index in [9.17, 15) is 0 Å². The minimum atomic E-state index is 1.10. The lowest BCUT2D eigenvalue weighted by atomic mass is 10.1. The fourth-order valence-electron chi connectivity index (χ4n) is 1.79. The molecule has 2 aromatic carbocycles. The van der Waals surface area contributed by atoms with Gasteiger partial charge in [0.15, 0.2) is 0 Å². The second-order valence-corrected chi connectivity index (χ2v) is 4.20. The molecule has 0 saturated heterocycles. The highest BCUT2D eigenvalue weighted by molar-refractivity contribution is 5.67. The molecular weight excluding hydrogens is 208 g/mol. The van der Waals surface area contributed by atoms with Crippen LogP contribution in [0.25, 0.3) is 0 Å². The maximum absolute atomic E-state index is 3.45. The largest absolute Gasteiger partial charge is 0.388 e. The van der Waals surface area contributed by atoms with Crippen LogP contribution in [0, 0.1) is 13.8 Å². The highest BCUT2D eigenvalue weighted by Crippen LogP contribution is 2.24. The molecular formula is C15H18N2. The lowest BCUT2D eigenvalue weighted by molar-refractivity contribution is 1.33. The van der Waals surface area contributed by atoms with Gasteiger partial charge in [-0.3, -0.25) is 0 Å². The Hall–Kier alpha value is -1.96. The molecule has 0 saturated carbocycles. The summed E-state index contributed by atoms with van der Waals surface area (Å²) in [6.45, 7) is 4.27. The van der Waals surface area contributed by atoms with Gasteiger partial charge in [0.2, 0.25) is 0 Å². The molecule has 0 bridgehead atoms. The van der Waals surface area contributed by atoms with Gasteiger partial charge in [-0.05, 0) is 49.2 Å². The van der Waals surface area contributed by atoms with E-state index < -0.39 is 0 Å². The highest BCUT2D eigenvalue weighted by Gasteiger charge is 2.01. The number of rotatable bonds is 3. The third-order valence-corrected chi connectivity index (χ3v) is 3.03. The van der Waals surface area contributed by atoms with Crippen molar-refractivity contribution in [2.24, 2.45) is 0 Å². The maximum Gasteiger partial charge on any atom is 0.0416 e. The van der Waals surface area contributed by atoms with Crippen molar-refractivity contribution in [2.75, 3.05) is 17.7 Å². The fraction of sp³-hybridized carbons (Fsp3) is 0.200. The van der Waals surface area contributed by atoms with Crippen molar-refractivity contribution in [2.45, 2.75) is 13.8 Å². The first-order valence-electron chi connectivity index (χ1n) is 5.82. The van der Waals surface area contributed by atoms with Crippen LogP contribution in [0.1, 0.15) is 11.1 Å². The molecule has 0 radical (unpaired) electrons.